The van der Waals surface area contributed by atoms with Crippen LogP contribution in [0.5, 0.6) is 0 Å². The number of likely N-dealkylation sites (N-methyl/N-ethyl adjacent to an activating group) is 1. The van der Waals surface area contributed by atoms with Crippen LogP contribution in [0.15, 0.2) is 6.07 Å². The van der Waals surface area contributed by atoms with E-state index >= 15 is 0 Å². The second kappa shape index (κ2) is 7.55. The van der Waals surface area contributed by atoms with Crippen molar-refractivity contribution in [3.63, 3.8) is 0 Å². The molecule has 0 fully saturated rings. The zero-order valence-electron chi connectivity index (χ0n) is 13.4. The molecule has 0 aromatic carbocycles. The Hall–Kier alpha value is -1.20. The van der Waals surface area contributed by atoms with E-state index < -0.39 is 5.60 Å². The summed E-state index contributed by atoms with van der Waals surface area (Å²) in [7, 11) is 0. The van der Waals surface area contributed by atoms with Crippen molar-refractivity contribution in [2.45, 2.75) is 53.2 Å². The summed E-state index contributed by atoms with van der Waals surface area (Å²) in [5.74, 6) is 1.68. The van der Waals surface area contributed by atoms with E-state index in [1.807, 2.05) is 26.8 Å². The molecule has 0 spiro atoms. The van der Waals surface area contributed by atoms with E-state index in [1.54, 1.807) is 0 Å². The summed E-state index contributed by atoms with van der Waals surface area (Å²) in [6.45, 7) is 12.9. The van der Waals surface area contributed by atoms with Crippen LogP contribution < -0.4 is 5.32 Å². The summed E-state index contributed by atoms with van der Waals surface area (Å²) < 4.78 is 0. The van der Waals surface area contributed by atoms with Gasteiger partial charge >= 0.3 is 0 Å². The summed E-state index contributed by atoms with van der Waals surface area (Å²) in [5.41, 5.74) is 0.260. The first-order chi connectivity index (χ1) is 9.34. The van der Waals surface area contributed by atoms with Gasteiger partial charge in [-0.25, -0.2) is 9.97 Å². The van der Waals surface area contributed by atoms with E-state index in [9.17, 15) is 5.11 Å². The van der Waals surface area contributed by atoms with Gasteiger partial charge in [-0.15, -0.1) is 0 Å². The highest BCUT2D eigenvalue weighted by atomic mass is 16.3. The number of rotatable bonds is 8. The highest BCUT2D eigenvalue weighted by Gasteiger charge is 2.18. The van der Waals surface area contributed by atoms with Gasteiger partial charge in [0.1, 0.15) is 11.6 Å². The largest absolute Gasteiger partial charge is 0.389 e. The highest BCUT2D eigenvalue weighted by Crippen LogP contribution is 2.11. The first-order valence-electron chi connectivity index (χ1n) is 7.37. The average molecular weight is 280 g/mol. The van der Waals surface area contributed by atoms with Crippen LogP contribution in [0.3, 0.4) is 0 Å². The Kier molecular flexibility index (Phi) is 6.36. The van der Waals surface area contributed by atoms with Crippen LogP contribution in [0.25, 0.3) is 0 Å². The Bertz CT molecular complexity index is 415. The Balaban J connectivity index is 2.76. The van der Waals surface area contributed by atoms with Gasteiger partial charge in [0.2, 0.25) is 0 Å². The van der Waals surface area contributed by atoms with Crippen LogP contribution in [0, 0.1) is 6.92 Å². The predicted molar refractivity (Wildman–Crippen MR) is 82.8 cm³/mol. The molecule has 5 nitrogen and oxygen atoms in total. The summed E-state index contributed by atoms with van der Waals surface area (Å²) in [5, 5.41) is 13.2. The number of hydrogen-bond acceptors (Lipinski definition) is 5. The van der Waals surface area contributed by atoms with E-state index in [0.29, 0.717) is 13.1 Å². The van der Waals surface area contributed by atoms with Crippen molar-refractivity contribution in [2.24, 2.45) is 0 Å². The lowest BCUT2D eigenvalue weighted by Crippen LogP contribution is -2.38. The van der Waals surface area contributed by atoms with Gasteiger partial charge in [0, 0.05) is 24.8 Å². The van der Waals surface area contributed by atoms with E-state index in [2.05, 4.69) is 34.0 Å². The van der Waals surface area contributed by atoms with E-state index in [0.717, 1.165) is 36.8 Å². The molecular weight excluding hydrogens is 252 g/mol. The van der Waals surface area contributed by atoms with Crippen LogP contribution in [0.4, 0.5) is 5.82 Å². The van der Waals surface area contributed by atoms with Gasteiger partial charge < -0.3 is 10.4 Å². The normalized spacial score (nSPS) is 11.9. The molecule has 1 aromatic heterocycles. The Morgan fingerprint density at radius 2 is 2.00 bits per heavy atom. The molecule has 0 saturated heterocycles. The van der Waals surface area contributed by atoms with Crippen LogP contribution in [0.2, 0.25) is 0 Å². The zero-order valence-corrected chi connectivity index (χ0v) is 13.4. The van der Waals surface area contributed by atoms with Gasteiger partial charge in [-0.05, 0) is 33.7 Å². The third kappa shape index (κ3) is 6.30. The molecule has 0 atom stereocenters. The van der Waals surface area contributed by atoms with E-state index in [-0.39, 0.29) is 0 Å². The number of aliphatic hydroxyl groups is 1. The van der Waals surface area contributed by atoms with Gasteiger partial charge in [0.05, 0.1) is 12.1 Å². The molecule has 0 aliphatic carbocycles. The fraction of sp³-hybridized carbons (Fsp3) is 0.733. The van der Waals surface area contributed by atoms with Gasteiger partial charge in [-0.2, -0.15) is 0 Å². The van der Waals surface area contributed by atoms with E-state index in [1.165, 1.54) is 0 Å². The number of aryl methyl sites for hydroxylation is 1. The molecule has 0 radical (unpaired) electrons. The van der Waals surface area contributed by atoms with Crippen LogP contribution in [0.1, 0.15) is 45.6 Å². The van der Waals surface area contributed by atoms with Gasteiger partial charge in [0.15, 0.2) is 0 Å². The molecule has 1 heterocycles. The lowest BCUT2D eigenvalue weighted by molar-refractivity contribution is 0.0346. The first kappa shape index (κ1) is 16.9. The first-order valence-corrected chi connectivity index (χ1v) is 7.37. The maximum Gasteiger partial charge on any atom is 0.144 e. The molecule has 0 aliphatic heterocycles. The standard InChI is InChI=1S/C15H28N4O/c1-6-8-16-13-9-12(3)17-14(18-13)10-19(7-2)11-15(4,5)20/h9,20H,6-8,10-11H2,1-5H3,(H,16,17,18). The SMILES string of the molecule is CCCNc1cc(C)nc(CN(CC)CC(C)(C)O)n1. The molecule has 0 saturated carbocycles. The zero-order chi connectivity index (χ0) is 15.2. The van der Waals surface area contributed by atoms with Gasteiger partial charge in [-0.3, -0.25) is 4.90 Å². The summed E-state index contributed by atoms with van der Waals surface area (Å²) in [6.07, 6.45) is 1.07. The lowest BCUT2D eigenvalue weighted by Gasteiger charge is -2.27. The van der Waals surface area contributed by atoms with Crippen molar-refractivity contribution in [3.05, 3.63) is 17.6 Å². The van der Waals surface area contributed by atoms with Crippen molar-refractivity contribution < 1.29 is 5.11 Å². The van der Waals surface area contributed by atoms with Crippen LogP contribution in [-0.4, -0.2) is 45.2 Å². The lowest BCUT2D eigenvalue weighted by atomic mass is 10.1. The molecule has 5 heteroatoms. The molecular formula is C15H28N4O. The topological polar surface area (TPSA) is 61.3 Å². The fourth-order valence-electron chi connectivity index (χ4n) is 2.07. The maximum absolute atomic E-state index is 9.93. The molecule has 20 heavy (non-hydrogen) atoms. The minimum Gasteiger partial charge on any atom is -0.389 e. The fourth-order valence-corrected chi connectivity index (χ4v) is 2.07. The highest BCUT2D eigenvalue weighted by molar-refractivity contribution is 5.35. The van der Waals surface area contributed by atoms with Crippen molar-refractivity contribution in [3.8, 4) is 0 Å². The Morgan fingerprint density at radius 3 is 2.55 bits per heavy atom. The van der Waals surface area contributed by atoms with Crippen molar-refractivity contribution in [1.82, 2.24) is 14.9 Å². The number of aromatic nitrogens is 2. The van der Waals surface area contributed by atoms with Crippen molar-refractivity contribution >= 4 is 5.82 Å². The van der Waals surface area contributed by atoms with Crippen LogP contribution >= 0.6 is 0 Å². The third-order valence-corrected chi connectivity index (χ3v) is 2.88. The number of nitrogens with one attached hydrogen (secondary N) is 1. The van der Waals surface area contributed by atoms with Crippen molar-refractivity contribution in [2.75, 3.05) is 25.0 Å². The minimum absolute atomic E-state index is 0.610. The van der Waals surface area contributed by atoms with Crippen LogP contribution in [-0.2, 0) is 6.54 Å². The summed E-state index contributed by atoms with van der Waals surface area (Å²) in [4.78, 5) is 11.2. The molecule has 114 valence electrons. The average Bonchev–Trinajstić information content (AvgIpc) is 2.33. The second-order valence-corrected chi connectivity index (χ2v) is 5.85. The summed E-state index contributed by atoms with van der Waals surface area (Å²) >= 11 is 0. The predicted octanol–water partition coefficient (Wildman–Crippen LogP) is 2.20. The van der Waals surface area contributed by atoms with E-state index in [4.69, 9.17) is 0 Å². The molecule has 0 unspecified atom stereocenters. The Morgan fingerprint density at radius 1 is 1.30 bits per heavy atom. The van der Waals surface area contributed by atoms with Gasteiger partial charge in [-0.1, -0.05) is 13.8 Å². The number of anilines is 1. The molecule has 0 amide bonds. The monoisotopic (exact) mass is 280 g/mol. The minimum atomic E-state index is -0.705. The summed E-state index contributed by atoms with van der Waals surface area (Å²) in [6, 6.07) is 1.96. The maximum atomic E-state index is 9.93. The molecule has 1 rings (SSSR count). The quantitative estimate of drug-likeness (QED) is 0.764. The Labute approximate surface area is 122 Å². The van der Waals surface area contributed by atoms with Gasteiger partial charge in [0.25, 0.3) is 0 Å². The molecule has 0 aliphatic rings. The number of nitrogens with zero attached hydrogens (tertiary/aromatic N) is 3. The number of hydrogen-bond donors (Lipinski definition) is 2. The molecule has 2 N–H and O–H groups in total. The smallest absolute Gasteiger partial charge is 0.144 e. The van der Waals surface area contributed by atoms with Crippen molar-refractivity contribution in [1.29, 1.82) is 0 Å². The molecule has 0 bridgehead atoms. The molecule has 1 aromatic rings. The second-order valence-electron chi connectivity index (χ2n) is 5.85. The third-order valence-electron chi connectivity index (χ3n) is 2.88.